The summed E-state index contributed by atoms with van der Waals surface area (Å²) in [6.45, 7) is 6.50. The summed E-state index contributed by atoms with van der Waals surface area (Å²) >= 11 is 5.88. The Kier molecular flexibility index (Phi) is 2.35. The molecule has 1 rings (SSSR count). The van der Waals surface area contributed by atoms with E-state index in [2.05, 4.69) is 11.1 Å². The molecule has 3 heteroatoms. The summed E-state index contributed by atoms with van der Waals surface area (Å²) in [5.74, 6) is 1.13. The fourth-order valence-electron chi connectivity index (χ4n) is 0.980. The first-order chi connectivity index (χ1) is 5.16. The van der Waals surface area contributed by atoms with Crippen LogP contribution >= 0.6 is 11.6 Å². The number of hydrogen-bond donors (Lipinski definition) is 0. The van der Waals surface area contributed by atoms with Crippen LogP contribution in [0.2, 0.25) is 5.15 Å². The van der Waals surface area contributed by atoms with Gasteiger partial charge in [0, 0.05) is 6.92 Å². The topological polar surface area (TPSA) is 8.81 Å². The molecule has 0 saturated heterocycles. The van der Waals surface area contributed by atoms with Crippen LogP contribution in [0.4, 0.5) is 0 Å². The molecule has 0 aliphatic rings. The van der Waals surface area contributed by atoms with E-state index >= 15 is 0 Å². The van der Waals surface area contributed by atoms with E-state index < -0.39 is 0 Å². The fourth-order valence-corrected chi connectivity index (χ4v) is 1.22. The van der Waals surface area contributed by atoms with Crippen LogP contribution in [0.3, 0.4) is 0 Å². The van der Waals surface area contributed by atoms with Crippen LogP contribution in [0.25, 0.3) is 0 Å². The molecule has 0 radical (unpaired) electrons. The summed E-state index contributed by atoms with van der Waals surface area (Å²) in [6.07, 6.45) is 3.75. The zero-order valence-electron chi connectivity index (χ0n) is 6.84. The molecular formula is C8H12ClN2+. The third-order valence-corrected chi connectivity index (χ3v) is 2.16. The van der Waals surface area contributed by atoms with Crippen LogP contribution < -0.4 is 4.57 Å². The largest absolute Gasteiger partial charge is 0.254 e. The van der Waals surface area contributed by atoms with Gasteiger partial charge >= 0.3 is 0 Å². The van der Waals surface area contributed by atoms with Crippen molar-refractivity contribution >= 4 is 11.6 Å². The van der Waals surface area contributed by atoms with Gasteiger partial charge < -0.3 is 0 Å². The molecule has 0 saturated carbocycles. The Balaban J connectivity index is 3.07. The second-order valence-corrected chi connectivity index (χ2v) is 2.89. The Morgan fingerprint density at radius 2 is 2.45 bits per heavy atom. The van der Waals surface area contributed by atoms with Gasteiger partial charge in [-0.2, -0.15) is 0 Å². The molecule has 1 aromatic heterocycles. The number of halogens is 1. The second-order valence-electron chi connectivity index (χ2n) is 2.50. The van der Waals surface area contributed by atoms with E-state index in [9.17, 15) is 0 Å². The maximum absolute atomic E-state index is 5.88. The van der Waals surface area contributed by atoms with E-state index in [1.54, 1.807) is 0 Å². The lowest BCUT2D eigenvalue weighted by Gasteiger charge is -1.91. The van der Waals surface area contributed by atoms with Crippen molar-refractivity contribution in [1.82, 2.24) is 4.57 Å². The van der Waals surface area contributed by atoms with Gasteiger partial charge in [-0.1, -0.05) is 12.7 Å². The van der Waals surface area contributed by atoms with Gasteiger partial charge in [-0.15, -0.1) is 0 Å². The van der Waals surface area contributed by atoms with E-state index in [0.717, 1.165) is 17.5 Å². The van der Waals surface area contributed by atoms with Crippen LogP contribution in [-0.2, 0) is 13.6 Å². The molecule has 0 N–H and O–H groups in total. The smallest absolute Gasteiger partial charge is 0.229 e. The van der Waals surface area contributed by atoms with Crippen LogP contribution in [0.5, 0.6) is 0 Å². The second kappa shape index (κ2) is 3.09. The first-order valence-electron chi connectivity index (χ1n) is 3.49. The van der Waals surface area contributed by atoms with Gasteiger partial charge in [0.2, 0.25) is 5.15 Å². The molecule has 60 valence electrons. The van der Waals surface area contributed by atoms with E-state index in [1.807, 2.05) is 30.8 Å². The molecule has 11 heavy (non-hydrogen) atoms. The third-order valence-electron chi connectivity index (χ3n) is 1.81. The Bertz CT molecular complexity index is 276. The number of aromatic nitrogens is 2. The lowest BCUT2D eigenvalue weighted by Crippen LogP contribution is -2.34. The van der Waals surface area contributed by atoms with Gasteiger partial charge in [-0.05, 0) is 11.6 Å². The van der Waals surface area contributed by atoms with Crippen molar-refractivity contribution < 1.29 is 4.57 Å². The molecule has 0 unspecified atom stereocenters. The first kappa shape index (κ1) is 8.34. The number of hydrogen-bond acceptors (Lipinski definition) is 0. The van der Waals surface area contributed by atoms with Crippen LogP contribution in [0, 0.1) is 6.92 Å². The molecule has 0 amide bonds. The summed E-state index contributed by atoms with van der Waals surface area (Å²) in [6, 6.07) is 0. The quantitative estimate of drug-likeness (QED) is 0.471. The highest BCUT2D eigenvalue weighted by molar-refractivity contribution is 6.29. The van der Waals surface area contributed by atoms with Crippen molar-refractivity contribution in [3.8, 4) is 0 Å². The highest BCUT2D eigenvalue weighted by Crippen LogP contribution is 2.05. The van der Waals surface area contributed by atoms with E-state index in [1.165, 1.54) is 0 Å². The fraction of sp³-hybridized carbons (Fsp3) is 0.375. The summed E-state index contributed by atoms with van der Waals surface area (Å²) in [5.41, 5.74) is 0. The van der Waals surface area contributed by atoms with Gasteiger partial charge in [0.15, 0.2) is 0 Å². The van der Waals surface area contributed by atoms with Crippen LogP contribution in [-0.4, -0.2) is 4.57 Å². The van der Waals surface area contributed by atoms with Crippen molar-refractivity contribution in [3.63, 3.8) is 0 Å². The number of allylic oxidation sites excluding steroid dienone is 1. The SMILES string of the molecule is C=CC[n+]1cc(Cl)n(C)c1C. The maximum Gasteiger partial charge on any atom is 0.254 e. The summed E-state index contributed by atoms with van der Waals surface area (Å²) in [5, 5.41) is 0.754. The molecule has 1 aromatic rings. The van der Waals surface area contributed by atoms with Crippen molar-refractivity contribution in [1.29, 1.82) is 0 Å². The Hall–Kier alpha value is -0.760. The Labute approximate surface area is 71.7 Å². The minimum absolute atomic E-state index is 0.754. The van der Waals surface area contributed by atoms with E-state index in [-0.39, 0.29) is 0 Å². The molecule has 0 fully saturated rings. The lowest BCUT2D eigenvalue weighted by molar-refractivity contribution is -0.692. The molecule has 1 heterocycles. The highest BCUT2D eigenvalue weighted by atomic mass is 35.5. The van der Waals surface area contributed by atoms with Gasteiger partial charge in [0.1, 0.15) is 12.7 Å². The monoisotopic (exact) mass is 171 g/mol. The predicted molar refractivity (Wildman–Crippen MR) is 45.6 cm³/mol. The zero-order chi connectivity index (χ0) is 8.43. The van der Waals surface area contributed by atoms with Crippen LogP contribution in [0.1, 0.15) is 5.82 Å². The van der Waals surface area contributed by atoms with Crippen molar-refractivity contribution in [2.24, 2.45) is 7.05 Å². The molecule has 0 aliphatic carbocycles. The zero-order valence-corrected chi connectivity index (χ0v) is 7.60. The molecule has 0 atom stereocenters. The van der Waals surface area contributed by atoms with Crippen molar-refractivity contribution in [2.45, 2.75) is 13.5 Å². The summed E-state index contributed by atoms with van der Waals surface area (Å²) in [7, 11) is 1.94. The number of nitrogens with zero attached hydrogens (tertiary/aromatic N) is 2. The van der Waals surface area contributed by atoms with E-state index in [4.69, 9.17) is 11.6 Å². The summed E-state index contributed by atoms with van der Waals surface area (Å²) < 4.78 is 3.99. The Morgan fingerprint density at radius 3 is 2.82 bits per heavy atom. The van der Waals surface area contributed by atoms with Gasteiger partial charge in [-0.25, -0.2) is 9.13 Å². The third kappa shape index (κ3) is 1.46. The predicted octanol–water partition coefficient (Wildman–Crippen LogP) is 1.46. The maximum atomic E-state index is 5.88. The van der Waals surface area contributed by atoms with Crippen LogP contribution in [0.15, 0.2) is 18.9 Å². The van der Waals surface area contributed by atoms with Gasteiger partial charge in [0.05, 0.1) is 7.05 Å². The average Bonchev–Trinajstić information content (AvgIpc) is 2.19. The molecule has 0 aromatic carbocycles. The van der Waals surface area contributed by atoms with Gasteiger partial charge in [0.25, 0.3) is 5.82 Å². The Morgan fingerprint density at radius 1 is 1.82 bits per heavy atom. The molecule has 0 spiro atoms. The van der Waals surface area contributed by atoms with Crippen molar-refractivity contribution in [3.05, 3.63) is 29.8 Å². The highest BCUT2D eigenvalue weighted by Gasteiger charge is 2.12. The summed E-state index contributed by atoms with van der Waals surface area (Å²) in [4.78, 5) is 0. The molecule has 2 nitrogen and oxygen atoms in total. The van der Waals surface area contributed by atoms with E-state index in [0.29, 0.717) is 0 Å². The molecule has 0 bridgehead atoms. The molecular weight excluding hydrogens is 160 g/mol. The lowest BCUT2D eigenvalue weighted by atomic mass is 10.5. The van der Waals surface area contributed by atoms with Crippen molar-refractivity contribution in [2.75, 3.05) is 0 Å². The standard InChI is InChI=1S/C8H12ClN2/c1-4-5-11-6-8(9)10(3)7(11)2/h4,6H,1,5H2,2-3H3/q+1. The normalized spacial score (nSPS) is 10.1. The number of imidazole rings is 1. The first-order valence-corrected chi connectivity index (χ1v) is 3.86. The van der Waals surface area contributed by atoms with Gasteiger partial charge in [-0.3, -0.25) is 0 Å². The minimum Gasteiger partial charge on any atom is -0.229 e. The average molecular weight is 172 g/mol. The minimum atomic E-state index is 0.754. The number of rotatable bonds is 2. The molecule has 0 aliphatic heterocycles.